The van der Waals surface area contributed by atoms with Crippen LogP contribution in [0.2, 0.25) is 0 Å². The van der Waals surface area contributed by atoms with Crippen molar-refractivity contribution in [1.82, 2.24) is 5.32 Å². The van der Waals surface area contributed by atoms with Crippen LogP contribution in [0.5, 0.6) is 0 Å². The van der Waals surface area contributed by atoms with Crippen LogP contribution in [0, 0.1) is 0 Å². The molecule has 0 rings (SSSR count). The van der Waals surface area contributed by atoms with Crippen molar-refractivity contribution < 1.29 is 37.3 Å². The lowest BCUT2D eigenvalue weighted by atomic mass is 10.0. The van der Waals surface area contributed by atoms with Crippen molar-refractivity contribution in [2.24, 2.45) is 0 Å². The molecule has 0 saturated carbocycles. The van der Waals surface area contributed by atoms with E-state index in [1.165, 1.54) is 186 Å². The maximum absolute atomic E-state index is 13.5. The molecule has 0 fully saturated rings. The zero-order valence-corrected chi connectivity index (χ0v) is 48.4. The first-order chi connectivity index (χ1) is 34.4. The predicted molar refractivity (Wildman–Crippen MR) is 305 cm³/mol. The molecule has 1 amide bonds. The molecule has 0 bridgehead atoms. The number of rotatable bonds is 54. The Bertz CT molecular complexity index is 1360. The Hall–Kier alpha value is -2.03. The smallest absolute Gasteiger partial charge is 0.456 e. The summed E-state index contributed by atoms with van der Waals surface area (Å²) in [5, 5.41) is 3.01. The van der Waals surface area contributed by atoms with Gasteiger partial charge in [-0.2, -0.15) is 0 Å². The van der Waals surface area contributed by atoms with Crippen molar-refractivity contribution in [3.05, 3.63) is 48.6 Å². The van der Waals surface area contributed by atoms with Crippen LogP contribution in [0.25, 0.3) is 0 Å². The van der Waals surface area contributed by atoms with Crippen molar-refractivity contribution in [3.8, 4) is 0 Å². The van der Waals surface area contributed by atoms with E-state index < -0.39 is 20.0 Å². The first-order valence-electron chi connectivity index (χ1n) is 30.0. The number of quaternary nitrogens is 1. The molecule has 0 saturated heterocycles. The highest BCUT2D eigenvalue weighted by atomic mass is 31.2. The lowest BCUT2D eigenvalue weighted by Crippen LogP contribution is -2.47. The number of nitrogens with zero attached hydrogens (tertiary/aromatic N) is 1. The van der Waals surface area contributed by atoms with Crippen molar-refractivity contribution in [3.63, 3.8) is 0 Å². The van der Waals surface area contributed by atoms with Gasteiger partial charge in [-0.3, -0.25) is 18.6 Å². The minimum Gasteiger partial charge on any atom is -0.456 e. The van der Waals surface area contributed by atoms with Crippen LogP contribution in [0.1, 0.15) is 278 Å². The van der Waals surface area contributed by atoms with Gasteiger partial charge in [0, 0.05) is 12.8 Å². The van der Waals surface area contributed by atoms with Gasteiger partial charge in [0.2, 0.25) is 5.91 Å². The molecule has 0 aromatic heterocycles. The average molecular weight is 1020 g/mol. The number of unbranched alkanes of at least 4 members (excludes halogenated alkanes) is 32. The molecule has 71 heavy (non-hydrogen) atoms. The zero-order chi connectivity index (χ0) is 52.2. The maximum atomic E-state index is 13.5. The van der Waals surface area contributed by atoms with Gasteiger partial charge in [0.1, 0.15) is 19.3 Å². The zero-order valence-electron chi connectivity index (χ0n) is 47.5. The number of likely N-dealkylation sites (N-methyl/N-ethyl adjacent to an activating group) is 1. The van der Waals surface area contributed by atoms with Crippen molar-refractivity contribution in [1.29, 1.82) is 0 Å². The van der Waals surface area contributed by atoms with Gasteiger partial charge in [-0.25, -0.2) is 4.57 Å². The number of allylic oxidation sites excluding steroid dienone is 7. The average Bonchev–Trinajstić information content (AvgIpc) is 3.33. The molecule has 2 N–H and O–H groups in total. The van der Waals surface area contributed by atoms with Gasteiger partial charge in [-0.1, -0.05) is 237 Å². The van der Waals surface area contributed by atoms with E-state index in [9.17, 15) is 19.0 Å². The number of amides is 1. The number of carbonyl (C=O) groups excluding carboxylic acids is 2. The third kappa shape index (κ3) is 52.6. The van der Waals surface area contributed by atoms with E-state index in [4.69, 9.17) is 13.8 Å². The van der Waals surface area contributed by atoms with E-state index in [0.29, 0.717) is 17.4 Å². The summed E-state index contributed by atoms with van der Waals surface area (Å²) in [6.45, 7) is 6.97. The fourth-order valence-corrected chi connectivity index (χ4v) is 9.31. The molecule has 0 aromatic rings. The Balaban J connectivity index is 5.35. The first-order valence-corrected chi connectivity index (χ1v) is 31.5. The van der Waals surface area contributed by atoms with Crippen LogP contribution < -0.4 is 5.32 Å². The molecule has 0 aliphatic rings. The summed E-state index contributed by atoms with van der Waals surface area (Å²) in [6.07, 6.45) is 62.7. The Morgan fingerprint density at radius 3 is 1.31 bits per heavy atom. The third-order valence-electron chi connectivity index (χ3n) is 13.3. The fraction of sp³-hybridized carbons (Fsp3) is 0.836. The van der Waals surface area contributed by atoms with E-state index in [0.717, 1.165) is 51.4 Å². The molecule has 0 aliphatic carbocycles. The number of ether oxygens (including phenoxy) is 1. The van der Waals surface area contributed by atoms with Crippen LogP contribution in [0.4, 0.5) is 0 Å². The highest BCUT2D eigenvalue weighted by Gasteiger charge is 2.30. The second-order valence-electron chi connectivity index (χ2n) is 21.5. The molecule has 0 spiro atoms. The summed E-state index contributed by atoms with van der Waals surface area (Å²) in [6, 6.07) is -0.877. The molecular weight excluding hydrogens is 904 g/mol. The van der Waals surface area contributed by atoms with Crippen LogP contribution in [-0.2, 0) is 27.9 Å². The van der Waals surface area contributed by atoms with Crippen molar-refractivity contribution in [2.45, 2.75) is 290 Å². The highest BCUT2D eigenvalue weighted by molar-refractivity contribution is 7.47. The molecule has 0 aliphatic heterocycles. The molecular formula is C61H116N2O7P+. The summed E-state index contributed by atoms with van der Waals surface area (Å²) >= 11 is 0. The molecule has 0 heterocycles. The number of hydrogen-bond donors (Lipinski definition) is 2. The molecule has 3 unspecified atom stereocenters. The number of esters is 1. The topological polar surface area (TPSA) is 111 Å². The van der Waals surface area contributed by atoms with Gasteiger partial charge < -0.3 is 19.4 Å². The number of phosphoric ester groups is 1. The Morgan fingerprint density at radius 2 is 0.873 bits per heavy atom. The Morgan fingerprint density at radius 1 is 0.493 bits per heavy atom. The summed E-state index contributed by atoms with van der Waals surface area (Å²) in [4.78, 5) is 37.6. The Labute approximate surface area is 439 Å². The maximum Gasteiger partial charge on any atom is 0.472 e. The number of carbonyl (C=O) groups is 2. The Kier molecular flexibility index (Phi) is 50.0. The van der Waals surface area contributed by atoms with Gasteiger partial charge in [-0.15, -0.1) is 0 Å². The molecule has 3 atom stereocenters. The van der Waals surface area contributed by atoms with Gasteiger partial charge in [0.05, 0.1) is 33.8 Å². The second kappa shape index (κ2) is 51.5. The van der Waals surface area contributed by atoms with E-state index in [-0.39, 0.29) is 37.9 Å². The quantitative estimate of drug-likeness (QED) is 0.0205. The predicted octanol–water partition coefficient (Wildman–Crippen LogP) is 18.1. The largest absolute Gasteiger partial charge is 0.472 e. The standard InChI is InChI=1S/C61H115N2O7P/c1-7-10-13-16-19-22-25-28-29-30-31-32-33-36-39-42-45-48-51-54-61(65)70-59(52-49-46-43-40-37-34-26-23-20-17-14-11-8-2)58(57-69-71(66,67)68-56-55-63(4,5)6)62-60(64)53-50-47-44-41-38-35-27-24-21-18-15-12-9-3/h28-29,35,38,44,47,49,52,58-59H,7-27,30-34,36-37,39-43,45-46,48,50-51,53-57H2,1-6H3,(H-,62,64,66,67)/p+1/b29-28+,38-35-,47-44+,52-49-. The lowest BCUT2D eigenvalue weighted by Gasteiger charge is -2.27. The normalized spacial score (nSPS) is 14.1. The number of phosphoric acid groups is 1. The molecule has 416 valence electrons. The lowest BCUT2D eigenvalue weighted by molar-refractivity contribution is -0.870. The summed E-state index contributed by atoms with van der Waals surface area (Å²) in [5.74, 6) is -0.579. The van der Waals surface area contributed by atoms with Crippen LogP contribution in [0.15, 0.2) is 48.6 Å². The SMILES string of the molecule is CCCCCCCC/C=C\C/C=C/CCC(=O)NC(COP(=O)(O)OCC[N+](C)(C)C)C(/C=C\CCCCCCCCCCCCC)OC(=O)CCCCCCCCCCC/C=C/CCCCCCCC. The highest BCUT2D eigenvalue weighted by Crippen LogP contribution is 2.43. The van der Waals surface area contributed by atoms with Gasteiger partial charge in [0.15, 0.2) is 0 Å². The van der Waals surface area contributed by atoms with Gasteiger partial charge in [0.25, 0.3) is 0 Å². The second-order valence-corrected chi connectivity index (χ2v) is 23.0. The molecule has 10 heteroatoms. The molecule has 9 nitrogen and oxygen atoms in total. The van der Waals surface area contributed by atoms with Crippen LogP contribution in [-0.4, -0.2) is 74.3 Å². The van der Waals surface area contributed by atoms with Crippen LogP contribution in [0.3, 0.4) is 0 Å². The van der Waals surface area contributed by atoms with Gasteiger partial charge >= 0.3 is 13.8 Å². The van der Waals surface area contributed by atoms with Crippen molar-refractivity contribution in [2.75, 3.05) is 40.9 Å². The fourth-order valence-electron chi connectivity index (χ4n) is 8.57. The van der Waals surface area contributed by atoms with E-state index >= 15 is 0 Å². The summed E-state index contributed by atoms with van der Waals surface area (Å²) in [7, 11) is 1.47. The summed E-state index contributed by atoms with van der Waals surface area (Å²) < 4.78 is 30.6. The van der Waals surface area contributed by atoms with Gasteiger partial charge in [-0.05, 0) is 76.7 Å². The number of nitrogens with one attached hydrogen (secondary N) is 1. The molecule has 0 aromatic carbocycles. The van der Waals surface area contributed by atoms with E-state index in [1.807, 2.05) is 39.4 Å². The third-order valence-corrected chi connectivity index (χ3v) is 14.2. The number of hydrogen-bond acceptors (Lipinski definition) is 6. The first kappa shape index (κ1) is 69.0. The van der Waals surface area contributed by atoms with Crippen LogP contribution >= 0.6 is 7.82 Å². The minimum absolute atomic E-state index is 0.0312. The monoisotopic (exact) mass is 1020 g/mol. The van der Waals surface area contributed by atoms with E-state index in [2.05, 4.69) is 56.5 Å². The minimum atomic E-state index is -4.46. The summed E-state index contributed by atoms with van der Waals surface area (Å²) in [5.41, 5.74) is 0. The van der Waals surface area contributed by atoms with Crippen molar-refractivity contribution >= 4 is 19.7 Å². The molecule has 0 radical (unpaired) electrons. The van der Waals surface area contributed by atoms with E-state index in [1.54, 1.807) is 0 Å².